The van der Waals surface area contributed by atoms with E-state index in [1.807, 2.05) is 19.9 Å². The van der Waals surface area contributed by atoms with Gasteiger partial charge in [-0.3, -0.25) is 14.2 Å². The maximum Gasteiger partial charge on any atom is 0.261 e. The highest BCUT2D eigenvalue weighted by Crippen LogP contribution is 2.28. The first kappa shape index (κ1) is 24.7. The van der Waals surface area contributed by atoms with Crippen molar-refractivity contribution in [3.8, 4) is 0 Å². The Hall–Kier alpha value is -3.37. The van der Waals surface area contributed by atoms with Gasteiger partial charge in [0.2, 0.25) is 5.91 Å². The van der Waals surface area contributed by atoms with Crippen LogP contribution in [-0.4, -0.2) is 29.3 Å². The molecule has 3 aromatic carbocycles. The Morgan fingerprint density at radius 1 is 0.686 bits per heavy atom. The molecule has 0 bridgehead atoms. The predicted molar refractivity (Wildman–Crippen MR) is 137 cm³/mol. The quantitative estimate of drug-likeness (QED) is 0.488. The van der Waals surface area contributed by atoms with Crippen LogP contribution in [0.2, 0.25) is 0 Å². The van der Waals surface area contributed by atoms with E-state index in [2.05, 4.69) is 9.44 Å². The monoisotopic (exact) mass is 513 g/mol. The molecular formula is C25H27N3O5S2. The fraction of sp³-hybridized carbons (Fsp3) is 0.240. The Morgan fingerprint density at radius 2 is 1.29 bits per heavy atom. The summed E-state index contributed by atoms with van der Waals surface area (Å²) in [5.74, 6) is 0.0314. The Labute approximate surface area is 206 Å². The van der Waals surface area contributed by atoms with Gasteiger partial charge in [0.05, 0.1) is 9.79 Å². The number of rotatable bonds is 7. The topological polar surface area (TPSA) is 113 Å². The lowest BCUT2D eigenvalue weighted by molar-refractivity contribution is -0.117. The van der Waals surface area contributed by atoms with Gasteiger partial charge >= 0.3 is 0 Å². The molecule has 0 saturated carbocycles. The summed E-state index contributed by atoms with van der Waals surface area (Å²) in [7, 11) is -7.75. The van der Waals surface area contributed by atoms with E-state index >= 15 is 0 Å². The van der Waals surface area contributed by atoms with E-state index in [4.69, 9.17) is 0 Å². The third-order valence-electron chi connectivity index (χ3n) is 6.02. The molecule has 8 nitrogen and oxygen atoms in total. The maximum atomic E-state index is 12.9. The summed E-state index contributed by atoms with van der Waals surface area (Å²) in [5, 5.41) is 0. The summed E-state index contributed by atoms with van der Waals surface area (Å²) in [5.41, 5.74) is 4.09. The van der Waals surface area contributed by atoms with Crippen LogP contribution >= 0.6 is 0 Å². The molecule has 0 unspecified atom stereocenters. The molecule has 0 atom stereocenters. The molecule has 1 amide bonds. The molecule has 0 spiro atoms. The van der Waals surface area contributed by atoms with Gasteiger partial charge in [-0.2, -0.15) is 0 Å². The van der Waals surface area contributed by atoms with Crippen LogP contribution in [0.3, 0.4) is 0 Å². The van der Waals surface area contributed by atoms with E-state index < -0.39 is 20.0 Å². The number of nitrogens with one attached hydrogen (secondary N) is 2. The van der Waals surface area contributed by atoms with Crippen molar-refractivity contribution in [3.05, 3.63) is 77.4 Å². The molecule has 1 fully saturated rings. The number of aryl methyl sites for hydroxylation is 3. The lowest BCUT2D eigenvalue weighted by Gasteiger charge is -2.19. The number of benzene rings is 3. The summed E-state index contributed by atoms with van der Waals surface area (Å²) in [6, 6.07) is 15.4. The Kier molecular flexibility index (Phi) is 6.61. The van der Waals surface area contributed by atoms with Crippen molar-refractivity contribution < 1.29 is 21.6 Å². The standard InChI is InChI=1S/C25H27N3O5S2/c1-17-6-7-21(15-18(17)2)27-34(30,31)22-10-8-20(9-11-22)26-35(32,33)23-12-13-24(19(3)16-23)28-14-4-5-25(28)29/h6-13,15-16,26-27H,4-5,14H2,1-3H3. The number of sulfonamides is 2. The fourth-order valence-electron chi connectivity index (χ4n) is 3.94. The minimum absolute atomic E-state index is 0.00848. The molecule has 1 aliphatic heterocycles. The highest BCUT2D eigenvalue weighted by molar-refractivity contribution is 7.93. The van der Waals surface area contributed by atoms with Crippen LogP contribution in [-0.2, 0) is 24.8 Å². The van der Waals surface area contributed by atoms with Crippen LogP contribution in [0.1, 0.15) is 29.5 Å². The van der Waals surface area contributed by atoms with Gasteiger partial charge in [-0.15, -0.1) is 0 Å². The maximum absolute atomic E-state index is 12.9. The molecule has 4 rings (SSSR count). The summed E-state index contributed by atoms with van der Waals surface area (Å²) in [6.07, 6.45) is 1.28. The number of carbonyl (C=O) groups excluding carboxylic acids is 1. The van der Waals surface area contributed by atoms with Crippen LogP contribution < -0.4 is 14.3 Å². The molecule has 1 heterocycles. The van der Waals surface area contributed by atoms with Gasteiger partial charge in [0.1, 0.15) is 0 Å². The third-order valence-corrected chi connectivity index (χ3v) is 8.79. The summed E-state index contributed by atoms with van der Waals surface area (Å²) in [6.45, 7) is 6.23. The molecule has 35 heavy (non-hydrogen) atoms. The number of hydrogen-bond donors (Lipinski definition) is 2. The molecule has 3 aromatic rings. The van der Waals surface area contributed by atoms with Gasteiger partial charge in [0, 0.05) is 30.0 Å². The van der Waals surface area contributed by atoms with Gasteiger partial charge in [-0.05, 0) is 98.5 Å². The highest BCUT2D eigenvalue weighted by atomic mass is 32.2. The lowest BCUT2D eigenvalue weighted by atomic mass is 10.1. The highest BCUT2D eigenvalue weighted by Gasteiger charge is 2.24. The SMILES string of the molecule is Cc1ccc(NS(=O)(=O)c2ccc(NS(=O)(=O)c3ccc(N4CCCC4=O)c(C)c3)cc2)cc1C. The van der Waals surface area contributed by atoms with E-state index in [1.165, 1.54) is 36.4 Å². The average Bonchev–Trinajstić information content (AvgIpc) is 3.21. The van der Waals surface area contributed by atoms with E-state index in [9.17, 15) is 21.6 Å². The number of nitrogens with zero attached hydrogens (tertiary/aromatic N) is 1. The van der Waals surface area contributed by atoms with Crippen molar-refractivity contribution in [3.63, 3.8) is 0 Å². The second-order valence-corrected chi connectivity index (χ2v) is 12.0. The van der Waals surface area contributed by atoms with Crippen molar-refractivity contribution in [1.29, 1.82) is 0 Å². The average molecular weight is 514 g/mol. The van der Waals surface area contributed by atoms with Gasteiger partial charge in [0.25, 0.3) is 20.0 Å². The van der Waals surface area contributed by atoms with Crippen LogP contribution in [0.5, 0.6) is 0 Å². The molecule has 2 N–H and O–H groups in total. The number of anilines is 3. The van der Waals surface area contributed by atoms with Crippen LogP contribution in [0.15, 0.2) is 70.5 Å². The van der Waals surface area contributed by atoms with Crippen molar-refractivity contribution in [1.82, 2.24) is 0 Å². The van der Waals surface area contributed by atoms with E-state index in [-0.39, 0.29) is 21.4 Å². The zero-order valence-electron chi connectivity index (χ0n) is 19.7. The first-order valence-electron chi connectivity index (χ1n) is 11.1. The largest absolute Gasteiger partial charge is 0.312 e. The Bertz CT molecular complexity index is 1500. The summed E-state index contributed by atoms with van der Waals surface area (Å²) < 4.78 is 56.3. The second-order valence-electron chi connectivity index (χ2n) is 8.63. The van der Waals surface area contributed by atoms with Gasteiger partial charge in [-0.1, -0.05) is 6.07 Å². The van der Waals surface area contributed by atoms with Crippen molar-refractivity contribution in [2.75, 3.05) is 20.9 Å². The van der Waals surface area contributed by atoms with Crippen LogP contribution in [0.25, 0.3) is 0 Å². The second kappa shape index (κ2) is 9.35. The molecule has 0 aliphatic carbocycles. The zero-order valence-corrected chi connectivity index (χ0v) is 21.3. The van der Waals surface area contributed by atoms with E-state index in [0.717, 1.165) is 17.5 Å². The minimum atomic E-state index is -3.91. The zero-order chi connectivity index (χ0) is 25.4. The number of carbonyl (C=O) groups is 1. The van der Waals surface area contributed by atoms with E-state index in [0.29, 0.717) is 29.9 Å². The molecule has 1 aliphatic rings. The van der Waals surface area contributed by atoms with E-state index in [1.54, 1.807) is 30.0 Å². The van der Waals surface area contributed by atoms with Gasteiger partial charge in [-0.25, -0.2) is 16.8 Å². The molecule has 0 aromatic heterocycles. The molecule has 0 radical (unpaired) electrons. The lowest BCUT2D eigenvalue weighted by Crippen LogP contribution is -2.24. The number of amides is 1. The normalized spacial score (nSPS) is 14.3. The molecule has 184 valence electrons. The number of hydrogen-bond acceptors (Lipinski definition) is 5. The van der Waals surface area contributed by atoms with Gasteiger partial charge in [0.15, 0.2) is 0 Å². The van der Waals surface area contributed by atoms with Crippen LogP contribution in [0, 0.1) is 20.8 Å². The fourth-order valence-corrected chi connectivity index (χ4v) is 6.13. The molecule has 1 saturated heterocycles. The smallest absolute Gasteiger partial charge is 0.261 e. The predicted octanol–water partition coefficient (Wildman–Crippen LogP) is 4.34. The van der Waals surface area contributed by atoms with Crippen molar-refractivity contribution in [2.45, 2.75) is 43.4 Å². The van der Waals surface area contributed by atoms with Gasteiger partial charge < -0.3 is 4.90 Å². The first-order valence-corrected chi connectivity index (χ1v) is 14.1. The summed E-state index contributed by atoms with van der Waals surface area (Å²) >= 11 is 0. The van der Waals surface area contributed by atoms with Crippen molar-refractivity contribution >= 4 is 43.0 Å². The molecule has 10 heteroatoms. The molecular weight excluding hydrogens is 486 g/mol. The Balaban J connectivity index is 1.50. The minimum Gasteiger partial charge on any atom is -0.312 e. The van der Waals surface area contributed by atoms with Crippen LogP contribution in [0.4, 0.5) is 17.1 Å². The Morgan fingerprint density at radius 3 is 1.89 bits per heavy atom. The first-order chi connectivity index (χ1) is 16.5. The van der Waals surface area contributed by atoms with Crippen molar-refractivity contribution in [2.24, 2.45) is 0 Å². The third kappa shape index (κ3) is 5.33. The summed E-state index contributed by atoms with van der Waals surface area (Å²) in [4.78, 5) is 13.8.